The highest BCUT2D eigenvalue weighted by Crippen LogP contribution is 2.21. The number of carbonyl (C=O) groups excluding carboxylic acids is 1. The normalized spacial score (nSPS) is 15.8. The average Bonchev–Trinajstić information content (AvgIpc) is 2.60. The number of hydrogen-bond acceptors (Lipinski definition) is 5. The lowest BCUT2D eigenvalue weighted by molar-refractivity contribution is -0.119. The van der Waals surface area contributed by atoms with E-state index in [2.05, 4.69) is 24.1 Å². The molecule has 1 saturated heterocycles. The first-order valence-corrected chi connectivity index (χ1v) is 10.8. The summed E-state index contributed by atoms with van der Waals surface area (Å²) in [5.74, 6) is 0.0517. The van der Waals surface area contributed by atoms with Crippen LogP contribution in [-0.2, 0) is 19.6 Å². The van der Waals surface area contributed by atoms with Crippen LogP contribution in [0.3, 0.4) is 0 Å². The molecule has 2 rings (SSSR count). The molecule has 0 aliphatic carbocycles. The molecule has 1 aromatic rings. The van der Waals surface area contributed by atoms with Gasteiger partial charge in [-0.1, -0.05) is 26.0 Å². The van der Waals surface area contributed by atoms with E-state index in [1.807, 2.05) is 12.1 Å². The molecule has 26 heavy (non-hydrogen) atoms. The number of nitrogens with one attached hydrogen (secondary N) is 1. The predicted molar refractivity (Wildman–Crippen MR) is 103 cm³/mol. The van der Waals surface area contributed by atoms with Crippen LogP contribution in [0, 0.1) is 0 Å². The molecule has 0 unspecified atom stereocenters. The molecule has 146 valence electrons. The topological polar surface area (TPSA) is 79.0 Å². The lowest BCUT2D eigenvalue weighted by atomic mass is 10.0. The van der Waals surface area contributed by atoms with Crippen molar-refractivity contribution in [3.05, 3.63) is 29.8 Å². The van der Waals surface area contributed by atoms with Gasteiger partial charge in [0.05, 0.1) is 25.2 Å². The van der Waals surface area contributed by atoms with Crippen molar-refractivity contribution in [2.45, 2.75) is 19.8 Å². The van der Waals surface area contributed by atoms with Crippen LogP contribution in [-0.4, -0.2) is 71.4 Å². The van der Waals surface area contributed by atoms with Gasteiger partial charge in [0.15, 0.2) is 0 Å². The van der Waals surface area contributed by atoms with Crippen molar-refractivity contribution in [3.63, 3.8) is 0 Å². The number of benzene rings is 1. The average molecular weight is 384 g/mol. The molecule has 0 radical (unpaired) electrons. The zero-order chi connectivity index (χ0) is 19.2. The van der Waals surface area contributed by atoms with Gasteiger partial charge in [-0.25, -0.2) is 8.42 Å². The van der Waals surface area contributed by atoms with E-state index in [4.69, 9.17) is 4.74 Å². The first-order valence-electron chi connectivity index (χ1n) is 8.92. The minimum atomic E-state index is -3.55. The minimum absolute atomic E-state index is 0.219. The second-order valence-electron chi connectivity index (χ2n) is 6.82. The van der Waals surface area contributed by atoms with Crippen molar-refractivity contribution in [2.75, 3.05) is 56.5 Å². The van der Waals surface area contributed by atoms with E-state index in [0.717, 1.165) is 35.8 Å². The monoisotopic (exact) mass is 383 g/mol. The Balaban J connectivity index is 1.93. The van der Waals surface area contributed by atoms with E-state index >= 15 is 0 Å². The van der Waals surface area contributed by atoms with Gasteiger partial charge in [0.25, 0.3) is 0 Å². The van der Waals surface area contributed by atoms with Gasteiger partial charge in [-0.3, -0.25) is 14.0 Å². The van der Waals surface area contributed by atoms with Crippen molar-refractivity contribution in [2.24, 2.45) is 0 Å². The molecule has 7 nitrogen and oxygen atoms in total. The smallest absolute Gasteiger partial charge is 0.240 e. The summed E-state index contributed by atoms with van der Waals surface area (Å²) in [4.78, 5) is 14.4. The van der Waals surface area contributed by atoms with Gasteiger partial charge in [-0.05, 0) is 23.6 Å². The van der Waals surface area contributed by atoms with Gasteiger partial charge < -0.3 is 10.1 Å². The first-order chi connectivity index (χ1) is 12.3. The van der Waals surface area contributed by atoms with E-state index in [1.54, 1.807) is 12.1 Å². The lowest BCUT2D eigenvalue weighted by Crippen LogP contribution is -2.44. The summed E-state index contributed by atoms with van der Waals surface area (Å²) in [6.07, 6.45) is 1.12. The molecule has 1 fully saturated rings. The van der Waals surface area contributed by atoms with E-state index in [-0.39, 0.29) is 12.5 Å². The molecule has 0 atom stereocenters. The van der Waals surface area contributed by atoms with Crippen molar-refractivity contribution in [1.29, 1.82) is 0 Å². The van der Waals surface area contributed by atoms with Crippen LogP contribution in [0.2, 0.25) is 0 Å². The van der Waals surface area contributed by atoms with Crippen LogP contribution < -0.4 is 9.62 Å². The van der Waals surface area contributed by atoms with Crippen molar-refractivity contribution in [3.8, 4) is 0 Å². The molecule has 0 bridgehead atoms. The molecular formula is C18H29N3O4S. The van der Waals surface area contributed by atoms with Gasteiger partial charge in [0.1, 0.15) is 6.54 Å². The number of ether oxygens (including phenoxy) is 1. The molecular weight excluding hydrogens is 354 g/mol. The predicted octanol–water partition coefficient (Wildman–Crippen LogP) is 1.02. The summed E-state index contributed by atoms with van der Waals surface area (Å²) in [5, 5.41) is 2.80. The molecule has 1 aromatic carbocycles. The second kappa shape index (κ2) is 9.34. The lowest BCUT2D eigenvalue weighted by Gasteiger charge is -2.27. The number of amides is 1. The van der Waals surface area contributed by atoms with Crippen molar-refractivity contribution in [1.82, 2.24) is 10.2 Å². The number of morpholine rings is 1. The van der Waals surface area contributed by atoms with Crippen LogP contribution in [0.25, 0.3) is 0 Å². The zero-order valence-electron chi connectivity index (χ0n) is 15.8. The van der Waals surface area contributed by atoms with Gasteiger partial charge >= 0.3 is 0 Å². The largest absolute Gasteiger partial charge is 0.379 e. The van der Waals surface area contributed by atoms with Crippen molar-refractivity contribution >= 4 is 21.6 Å². The highest BCUT2D eigenvalue weighted by atomic mass is 32.2. The summed E-state index contributed by atoms with van der Waals surface area (Å²) in [6.45, 7) is 8.28. The Hall–Kier alpha value is -1.64. The van der Waals surface area contributed by atoms with Gasteiger partial charge in [-0.15, -0.1) is 0 Å². The maximum atomic E-state index is 12.2. The minimum Gasteiger partial charge on any atom is -0.379 e. The van der Waals surface area contributed by atoms with Crippen LogP contribution in [0.5, 0.6) is 0 Å². The second-order valence-corrected chi connectivity index (χ2v) is 8.73. The molecule has 1 amide bonds. The quantitative estimate of drug-likeness (QED) is 0.725. The number of anilines is 1. The Labute approximate surface area is 156 Å². The summed E-state index contributed by atoms with van der Waals surface area (Å²) in [6, 6.07) is 7.29. The number of hydrogen-bond donors (Lipinski definition) is 1. The fourth-order valence-corrected chi connectivity index (χ4v) is 3.65. The SMILES string of the molecule is CC(C)c1ccc(N(CC(=O)NCCN2CCOCC2)S(C)(=O)=O)cc1. The van der Waals surface area contributed by atoms with Crippen LogP contribution in [0.15, 0.2) is 24.3 Å². The van der Waals surface area contributed by atoms with Gasteiger partial charge in [-0.2, -0.15) is 0 Å². The van der Waals surface area contributed by atoms with Crippen LogP contribution >= 0.6 is 0 Å². The molecule has 1 heterocycles. The Bertz CT molecular complexity index is 683. The summed E-state index contributed by atoms with van der Waals surface area (Å²) in [5.41, 5.74) is 1.62. The maximum absolute atomic E-state index is 12.2. The van der Waals surface area contributed by atoms with E-state index in [0.29, 0.717) is 31.4 Å². The van der Waals surface area contributed by atoms with Crippen LogP contribution in [0.4, 0.5) is 5.69 Å². The van der Waals surface area contributed by atoms with E-state index in [9.17, 15) is 13.2 Å². The standard InChI is InChI=1S/C18H29N3O4S/c1-15(2)16-4-6-17(7-5-16)21(26(3,23)24)14-18(22)19-8-9-20-10-12-25-13-11-20/h4-7,15H,8-14H2,1-3H3,(H,19,22). The Morgan fingerprint density at radius 2 is 1.85 bits per heavy atom. The summed E-state index contributed by atoms with van der Waals surface area (Å²) >= 11 is 0. The highest BCUT2D eigenvalue weighted by molar-refractivity contribution is 7.92. The first kappa shape index (κ1) is 20.7. The Morgan fingerprint density at radius 1 is 1.23 bits per heavy atom. The number of nitrogens with zero attached hydrogens (tertiary/aromatic N) is 2. The number of sulfonamides is 1. The number of carbonyl (C=O) groups is 1. The fraction of sp³-hybridized carbons (Fsp3) is 0.611. The molecule has 0 spiro atoms. The van der Waals surface area contributed by atoms with Crippen molar-refractivity contribution < 1.29 is 17.9 Å². The molecule has 1 aliphatic rings. The zero-order valence-corrected chi connectivity index (χ0v) is 16.6. The van der Waals surface area contributed by atoms with Gasteiger partial charge in [0.2, 0.25) is 15.9 Å². The molecule has 0 aromatic heterocycles. The summed E-state index contributed by atoms with van der Waals surface area (Å²) in [7, 11) is -3.55. The number of rotatable bonds is 8. The third kappa shape index (κ3) is 6.26. The van der Waals surface area contributed by atoms with E-state index < -0.39 is 10.0 Å². The third-order valence-electron chi connectivity index (χ3n) is 4.39. The summed E-state index contributed by atoms with van der Waals surface area (Å²) < 4.78 is 30.7. The Kier molecular flexibility index (Phi) is 7.43. The molecule has 1 N–H and O–H groups in total. The molecule has 8 heteroatoms. The molecule has 1 aliphatic heterocycles. The van der Waals surface area contributed by atoms with Gasteiger partial charge in [0, 0.05) is 26.2 Å². The van der Waals surface area contributed by atoms with E-state index in [1.165, 1.54) is 0 Å². The fourth-order valence-electron chi connectivity index (χ4n) is 2.79. The van der Waals surface area contributed by atoms with Crippen LogP contribution in [0.1, 0.15) is 25.3 Å². The Morgan fingerprint density at radius 3 is 2.38 bits per heavy atom. The molecule has 0 saturated carbocycles. The third-order valence-corrected chi connectivity index (χ3v) is 5.53. The maximum Gasteiger partial charge on any atom is 0.240 e. The highest BCUT2D eigenvalue weighted by Gasteiger charge is 2.21.